The van der Waals surface area contributed by atoms with Crippen LogP contribution in [0.15, 0.2) is 48.5 Å². The molecule has 0 unspecified atom stereocenters. The summed E-state index contributed by atoms with van der Waals surface area (Å²) in [5.41, 5.74) is 14.9. The van der Waals surface area contributed by atoms with Gasteiger partial charge in [-0.25, -0.2) is 9.59 Å². The lowest BCUT2D eigenvalue weighted by atomic mass is 9.95. The highest BCUT2D eigenvalue weighted by molar-refractivity contribution is 5.90. The van der Waals surface area contributed by atoms with Gasteiger partial charge in [-0.2, -0.15) is 0 Å². The normalized spacial score (nSPS) is 18.0. The van der Waals surface area contributed by atoms with Crippen molar-refractivity contribution in [3.8, 4) is 0 Å². The van der Waals surface area contributed by atoms with E-state index in [0.717, 1.165) is 49.8 Å². The molecule has 0 bridgehead atoms. The Morgan fingerprint density at radius 1 is 0.971 bits per heavy atom. The average Bonchev–Trinajstić information content (AvgIpc) is 2.84. The van der Waals surface area contributed by atoms with E-state index in [1.807, 2.05) is 6.07 Å². The predicted octanol–water partition coefficient (Wildman–Crippen LogP) is 4.54. The number of nitrogen functional groups attached to an aromatic ring is 2. The van der Waals surface area contributed by atoms with Crippen LogP contribution in [0.3, 0.4) is 0 Å². The molecule has 182 valence electrons. The lowest BCUT2D eigenvalue weighted by Gasteiger charge is -2.28. The number of esters is 2. The van der Waals surface area contributed by atoms with Gasteiger partial charge >= 0.3 is 11.9 Å². The quantitative estimate of drug-likeness (QED) is 0.300. The van der Waals surface area contributed by atoms with E-state index in [4.69, 9.17) is 25.7 Å². The zero-order valence-electron chi connectivity index (χ0n) is 19.7. The fraction of sp³-hybridized carbons (Fsp3) is 0.407. The molecule has 3 rings (SSSR count). The molecule has 7 nitrogen and oxygen atoms in total. The minimum atomic E-state index is -0.448. The number of ether oxygens (including phenoxy) is 3. The van der Waals surface area contributed by atoms with Crippen molar-refractivity contribution in [3.63, 3.8) is 0 Å². The molecule has 0 radical (unpaired) electrons. The van der Waals surface area contributed by atoms with Crippen molar-refractivity contribution in [3.05, 3.63) is 65.2 Å². The van der Waals surface area contributed by atoms with Gasteiger partial charge in [0.05, 0.1) is 18.3 Å². The molecule has 1 saturated carbocycles. The Morgan fingerprint density at radius 2 is 1.68 bits per heavy atom. The summed E-state index contributed by atoms with van der Waals surface area (Å²) >= 11 is 0. The van der Waals surface area contributed by atoms with Crippen LogP contribution in [0.4, 0.5) is 11.4 Å². The van der Waals surface area contributed by atoms with Crippen LogP contribution in [0.2, 0.25) is 0 Å². The Balaban J connectivity index is 1.40. The van der Waals surface area contributed by atoms with Gasteiger partial charge in [0.15, 0.2) is 0 Å². The Bertz CT molecular complexity index is 979. The van der Waals surface area contributed by atoms with Crippen molar-refractivity contribution in [1.82, 2.24) is 0 Å². The van der Waals surface area contributed by atoms with Crippen LogP contribution >= 0.6 is 0 Å². The van der Waals surface area contributed by atoms with Gasteiger partial charge in [0.1, 0.15) is 6.10 Å². The largest absolute Gasteiger partial charge is 0.462 e. The topological polar surface area (TPSA) is 114 Å². The minimum Gasteiger partial charge on any atom is -0.462 e. The summed E-state index contributed by atoms with van der Waals surface area (Å²) in [5, 5.41) is 0. The molecule has 0 amide bonds. The average molecular weight is 467 g/mol. The third-order valence-electron chi connectivity index (χ3n) is 5.80. The van der Waals surface area contributed by atoms with E-state index in [9.17, 15) is 9.59 Å². The highest BCUT2D eigenvalue weighted by Crippen LogP contribution is 2.24. The van der Waals surface area contributed by atoms with E-state index >= 15 is 0 Å². The summed E-state index contributed by atoms with van der Waals surface area (Å²) in [4.78, 5) is 24.4. The first kappa shape index (κ1) is 25.3. The molecular formula is C27H34N2O5. The molecule has 2 aromatic carbocycles. The number of rotatable bonds is 10. The first-order chi connectivity index (χ1) is 16.4. The van der Waals surface area contributed by atoms with Crippen LogP contribution in [-0.4, -0.2) is 37.4 Å². The SMILES string of the molecule is CCCOC1CCC(OC(=O)c2ccc(C=CC(=O)OCCc3ccc(N)cc3N)cc2)CC1. The van der Waals surface area contributed by atoms with Gasteiger partial charge in [-0.05, 0) is 73.6 Å². The van der Waals surface area contributed by atoms with Crippen molar-refractivity contribution >= 4 is 29.4 Å². The van der Waals surface area contributed by atoms with Crippen molar-refractivity contribution < 1.29 is 23.8 Å². The maximum atomic E-state index is 12.5. The molecule has 0 atom stereocenters. The molecule has 4 N–H and O–H groups in total. The number of hydrogen-bond donors (Lipinski definition) is 2. The molecule has 0 saturated heterocycles. The summed E-state index contributed by atoms with van der Waals surface area (Å²) < 4.78 is 16.7. The van der Waals surface area contributed by atoms with Crippen LogP contribution < -0.4 is 11.5 Å². The van der Waals surface area contributed by atoms with Gasteiger partial charge < -0.3 is 25.7 Å². The van der Waals surface area contributed by atoms with Crippen LogP contribution in [0, 0.1) is 0 Å². The second-order valence-corrected chi connectivity index (χ2v) is 8.51. The summed E-state index contributed by atoms with van der Waals surface area (Å²) in [7, 11) is 0. The number of carbonyl (C=O) groups excluding carboxylic acids is 2. The monoisotopic (exact) mass is 466 g/mol. The van der Waals surface area contributed by atoms with Gasteiger partial charge in [0, 0.05) is 30.5 Å². The fourth-order valence-electron chi connectivity index (χ4n) is 3.87. The van der Waals surface area contributed by atoms with Crippen LogP contribution in [-0.2, 0) is 25.4 Å². The summed E-state index contributed by atoms with van der Waals surface area (Å²) in [6.45, 7) is 3.10. The third-order valence-corrected chi connectivity index (χ3v) is 5.80. The van der Waals surface area contributed by atoms with E-state index in [2.05, 4.69) is 6.92 Å². The Kier molecular flexibility index (Phi) is 9.52. The molecular weight excluding hydrogens is 432 g/mol. The number of nitrogens with two attached hydrogens (primary N) is 2. The lowest BCUT2D eigenvalue weighted by molar-refractivity contribution is -0.137. The summed E-state index contributed by atoms with van der Waals surface area (Å²) in [6, 6.07) is 12.2. The summed E-state index contributed by atoms with van der Waals surface area (Å²) in [5.74, 6) is -0.772. The molecule has 1 fully saturated rings. The van der Waals surface area contributed by atoms with Crippen LogP contribution in [0.25, 0.3) is 6.08 Å². The number of carbonyl (C=O) groups is 2. The Labute approximate surface area is 201 Å². The van der Waals surface area contributed by atoms with Gasteiger partial charge in [-0.15, -0.1) is 0 Å². The van der Waals surface area contributed by atoms with E-state index in [0.29, 0.717) is 23.4 Å². The van der Waals surface area contributed by atoms with Crippen molar-refractivity contribution in [2.24, 2.45) is 0 Å². The lowest BCUT2D eigenvalue weighted by Crippen LogP contribution is -2.28. The van der Waals surface area contributed by atoms with Crippen molar-refractivity contribution in [2.45, 2.75) is 57.7 Å². The molecule has 0 heterocycles. The molecule has 1 aliphatic rings. The first-order valence-electron chi connectivity index (χ1n) is 11.9. The highest BCUT2D eigenvalue weighted by atomic mass is 16.5. The van der Waals surface area contributed by atoms with Crippen LogP contribution in [0.1, 0.15) is 60.5 Å². The van der Waals surface area contributed by atoms with E-state index in [1.54, 1.807) is 42.5 Å². The molecule has 0 spiro atoms. The van der Waals surface area contributed by atoms with E-state index < -0.39 is 5.97 Å². The maximum Gasteiger partial charge on any atom is 0.338 e. The van der Waals surface area contributed by atoms with E-state index in [-0.39, 0.29) is 24.8 Å². The maximum absolute atomic E-state index is 12.5. The molecule has 7 heteroatoms. The molecule has 2 aromatic rings. The van der Waals surface area contributed by atoms with Crippen molar-refractivity contribution in [1.29, 1.82) is 0 Å². The summed E-state index contributed by atoms with van der Waals surface area (Å²) in [6.07, 6.45) is 8.25. The molecule has 1 aliphatic carbocycles. The molecule has 0 aliphatic heterocycles. The molecule has 34 heavy (non-hydrogen) atoms. The second-order valence-electron chi connectivity index (χ2n) is 8.51. The zero-order chi connectivity index (χ0) is 24.3. The second kappa shape index (κ2) is 12.8. The van der Waals surface area contributed by atoms with Crippen LogP contribution in [0.5, 0.6) is 0 Å². The number of hydrogen-bond acceptors (Lipinski definition) is 7. The minimum absolute atomic E-state index is 0.0630. The van der Waals surface area contributed by atoms with E-state index in [1.165, 1.54) is 6.08 Å². The van der Waals surface area contributed by atoms with Gasteiger partial charge in [-0.3, -0.25) is 0 Å². The smallest absolute Gasteiger partial charge is 0.338 e. The number of anilines is 2. The van der Waals surface area contributed by atoms with Gasteiger partial charge in [0.2, 0.25) is 0 Å². The molecule has 0 aromatic heterocycles. The van der Waals surface area contributed by atoms with Gasteiger partial charge in [0.25, 0.3) is 0 Å². The Hall–Kier alpha value is -3.32. The van der Waals surface area contributed by atoms with Gasteiger partial charge in [-0.1, -0.05) is 25.1 Å². The highest BCUT2D eigenvalue weighted by Gasteiger charge is 2.24. The predicted molar refractivity (Wildman–Crippen MR) is 133 cm³/mol. The number of benzene rings is 2. The standard InChI is InChI=1S/C27H34N2O5/c1-2-16-32-23-10-12-24(13-11-23)34-27(31)21-6-3-19(4-7-21)5-14-26(30)33-17-15-20-8-9-22(28)18-25(20)29/h3-9,14,18,23-24H,2,10-13,15-17,28-29H2,1H3. The van der Waals surface area contributed by atoms with Crippen molar-refractivity contribution in [2.75, 3.05) is 24.7 Å². The first-order valence-corrected chi connectivity index (χ1v) is 11.9. The fourth-order valence-corrected chi connectivity index (χ4v) is 3.87. The third kappa shape index (κ3) is 7.92. The Morgan fingerprint density at radius 3 is 2.35 bits per heavy atom. The zero-order valence-corrected chi connectivity index (χ0v) is 19.7.